The summed E-state index contributed by atoms with van der Waals surface area (Å²) in [7, 11) is 0. The molecule has 4 rings (SSSR count). The summed E-state index contributed by atoms with van der Waals surface area (Å²) < 4.78 is 0. The monoisotopic (exact) mass is 380 g/mol. The van der Waals surface area contributed by atoms with E-state index in [2.05, 4.69) is 31.3 Å². The van der Waals surface area contributed by atoms with Crippen molar-refractivity contribution in [1.82, 2.24) is 0 Å². The minimum Gasteiger partial charge on any atom is -0.326 e. The van der Waals surface area contributed by atoms with Crippen LogP contribution in [0.3, 0.4) is 0 Å². The Bertz CT molecular complexity index is 892. The maximum atomic E-state index is 12.6. The van der Waals surface area contributed by atoms with Gasteiger partial charge in [-0.15, -0.1) is 11.8 Å². The Morgan fingerprint density at radius 1 is 1.11 bits per heavy atom. The van der Waals surface area contributed by atoms with Crippen LogP contribution < -0.4 is 10.2 Å². The molecule has 0 bridgehead atoms. The van der Waals surface area contributed by atoms with E-state index in [4.69, 9.17) is 0 Å². The fourth-order valence-corrected chi connectivity index (χ4v) is 4.68. The third kappa shape index (κ3) is 3.61. The van der Waals surface area contributed by atoms with Gasteiger partial charge in [0.05, 0.1) is 5.75 Å². The molecule has 1 atom stereocenters. The highest BCUT2D eigenvalue weighted by molar-refractivity contribution is 8.00. The van der Waals surface area contributed by atoms with E-state index in [0.29, 0.717) is 5.75 Å². The number of nitrogens with zero attached hydrogens (tertiary/aromatic N) is 1. The minimum absolute atomic E-state index is 0.0693. The van der Waals surface area contributed by atoms with Crippen LogP contribution >= 0.6 is 11.8 Å². The largest absolute Gasteiger partial charge is 0.326 e. The molecule has 0 unspecified atom stereocenters. The number of nitrogens with one attached hydrogen (secondary N) is 1. The molecular weight excluding hydrogens is 356 g/mol. The Kier molecular flexibility index (Phi) is 4.96. The van der Waals surface area contributed by atoms with Crippen molar-refractivity contribution >= 4 is 35.0 Å². The molecule has 4 nitrogen and oxygen atoms in total. The molecule has 1 saturated carbocycles. The maximum Gasteiger partial charge on any atom is 0.238 e. The van der Waals surface area contributed by atoms with Crippen LogP contribution in [0.15, 0.2) is 42.5 Å². The predicted molar refractivity (Wildman–Crippen MR) is 111 cm³/mol. The summed E-state index contributed by atoms with van der Waals surface area (Å²) in [5.74, 6) is 0.857. The smallest absolute Gasteiger partial charge is 0.238 e. The van der Waals surface area contributed by atoms with Gasteiger partial charge in [0, 0.05) is 17.3 Å². The van der Waals surface area contributed by atoms with Crippen LogP contribution in [0.4, 0.5) is 11.4 Å². The average molecular weight is 381 g/mol. The molecule has 2 aromatic carbocycles. The molecule has 1 aliphatic carbocycles. The fourth-order valence-electron chi connectivity index (χ4n) is 3.51. The first kappa shape index (κ1) is 18.1. The standard InChI is InChI=1S/C22H24N2O2S/c1-14-9-10-19(11-15(14)2)24-20(25)13-27-22(24)17-7-4-8-18(12-17)23-21(26)16-5-3-6-16/h4,7-12,16,22H,3,5-6,13H2,1-2H3,(H,23,26)/t22-/m0/s1. The number of anilines is 2. The minimum atomic E-state index is -0.0693. The molecule has 0 radical (unpaired) electrons. The Hall–Kier alpha value is -2.27. The van der Waals surface area contributed by atoms with Gasteiger partial charge in [-0.25, -0.2) is 0 Å². The highest BCUT2D eigenvalue weighted by atomic mass is 32.2. The number of benzene rings is 2. The topological polar surface area (TPSA) is 49.4 Å². The second kappa shape index (κ2) is 7.39. The number of carbonyl (C=O) groups is 2. The van der Waals surface area contributed by atoms with Crippen molar-refractivity contribution in [3.05, 3.63) is 59.2 Å². The molecule has 1 heterocycles. The number of rotatable bonds is 4. The average Bonchev–Trinajstić information content (AvgIpc) is 2.97. The zero-order chi connectivity index (χ0) is 19.0. The van der Waals surface area contributed by atoms with E-state index in [-0.39, 0.29) is 23.1 Å². The second-order valence-electron chi connectivity index (χ2n) is 7.44. The molecule has 5 heteroatoms. The van der Waals surface area contributed by atoms with Crippen LogP contribution in [-0.2, 0) is 9.59 Å². The van der Waals surface area contributed by atoms with Crippen molar-refractivity contribution in [3.8, 4) is 0 Å². The van der Waals surface area contributed by atoms with Gasteiger partial charge in [-0.05, 0) is 67.6 Å². The number of aryl methyl sites for hydroxylation is 2. The van der Waals surface area contributed by atoms with E-state index in [1.807, 2.05) is 35.2 Å². The van der Waals surface area contributed by atoms with Gasteiger partial charge in [-0.3, -0.25) is 14.5 Å². The van der Waals surface area contributed by atoms with Gasteiger partial charge < -0.3 is 5.32 Å². The number of carbonyl (C=O) groups excluding carboxylic acids is 2. The second-order valence-corrected chi connectivity index (χ2v) is 8.51. The van der Waals surface area contributed by atoms with Crippen molar-refractivity contribution in [2.75, 3.05) is 16.0 Å². The molecule has 140 valence electrons. The van der Waals surface area contributed by atoms with Crippen molar-refractivity contribution in [2.24, 2.45) is 5.92 Å². The first-order valence-electron chi connectivity index (χ1n) is 9.44. The molecule has 1 saturated heterocycles. The third-order valence-electron chi connectivity index (χ3n) is 5.55. The van der Waals surface area contributed by atoms with Gasteiger partial charge in [0.15, 0.2) is 0 Å². The zero-order valence-corrected chi connectivity index (χ0v) is 16.5. The van der Waals surface area contributed by atoms with Crippen molar-refractivity contribution in [1.29, 1.82) is 0 Å². The molecule has 2 aliphatic rings. The summed E-state index contributed by atoms with van der Waals surface area (Å²) in [5.41, 5.74) is 5.18. The van der Waals surface area contributed by atoms with Gasteiger partial charge in [0.2, 0.25) is 11.8 Å². The Balaban J connectivity index is 1.59. The van der Waals surface area contributed by atoms with Crippen molar-refractivity contribution < 1.29 is 9.59 Å². The van der Waals surface area contributed by atoms with Crippen LogP contribution in [0.25, 0.3) is 0 Å². The van der Waals surface area contributed by atoms with Gasteiger partial charge in [-0.1, -0.05) is 24.6 Å². The predicted octanol–water partition coefficient (Wildman–Crippen LogP) is 4.82. The lowest BCUT2D eigenvalue weighted by Gasteiger charge is -2.26. The molecule has 2 fully saturated rings. The Morgan fingerprint density at radius 2 is 1.93 bits per heavy atom. The molecule has 0 spiro atoms. The van der Waals surface area contributed by atoms with E-state index in [1.54, 1.807) is 11.8 Å². The van der Waals surface area contributed by atoms with E-state index < -0.39 is 0 Å². The SMILES string of the molecule is Cc1ccc(N2C(=O)CS[C@H]2c2cccc(NC(=O)C3CCC3)c2)cc1C. The number of amides is 2. The molecule has 27 heavy (non-hydrogen) atoms. The highest BCUT2D eigenvalue weighted by Gasteiger charge is 2.34. The van der Waals surface area contributed by atoms with E-state index >= 15 is 0 Å². The Morgan fingerprint density at radius 3 is 2.63 bits per heavy atom. The summed E-state index contributed by atoms with van der Waals surface area (Å²) in [6.45, 7) is 4.14. The van der Waals surface area contributed by atoms with Crippen molar-refractivity contribution in [3.63, 3.8) is 0 Å². The summed E-state index contributed by atoms with van der Waals surface area (Å²) in [4.78, 5) is 26.7. The summed E-state index contributed by atoms with van der Waals surface area (Å²) in [6, 6.07) is 14.1. The lowest BCUT2D eigenvalue weighted by Crippen LogP contribution is -2.29. The van der Waals surface area contributed by atoms with Gasteiger partial charge in [0.25, 0.3) is 0 Å². The van der Waals surface area contributed by atoms with E-state index in [0.717, 1.165) is 36.2 Å². The number of hydrogen-bond acceptors (Lipinski definition) is 3. The quantitative estimate of drug-likeness (QED) is 0.827. The molecule has 1 N–H and O–H groups in total. The third-order valence-corrected chi connectivity index (χ3v) is 6.76. The molecular formula is C22H24N2O2S. The van der Waals surface area contributed by atoms with Gasteiger partial charge in [0.1, 0.15) is 5.37 Å². The van der Waals surface area contributed by atoms with Crippen LogP contribution in [0, 0.1) is 19.8 Å². The molecule has 1 aliphatic heterocycles. The number of thioether (sulfide) groups is 1. The number of hydrogen-bond donors (Lipinski definition) is 1. The molecule has 0 aromatic heterocycles. The lowest BCUT2D eigenvalue weighted by atomic mass is 9.85. The van der Waals surface area contributed by atoms with Crippen LogP contribution in [-0.4, -0.2) is 17.6 Å². The summed E-state index contributed by atoms with van der Waals surface area (Å²) in [6.07, 6.45) is 3.11. The normalized spacial score (nSPS) is 19.9. The van der Waals surface area contributed by atoms with Crippen LogP contribution in [0.5, 0.6) is 0 Å². The van der Waals surface area contributed by atoms with Crippen LogP contribution in [0.1, 0.15) is 41.3 Å². The first-order valence-corrected chi connectivity index (χ1v) is 10.5. The Labute approximate surface area is 164 Å². The van der Waals surface area contributed by atoms with Gasteiger partial charge >= 0.3 is 0 Å². The van der Waals surface area contributed by atoms with E-state index in [9.17, 15) is 9.59 Å². The summed E-state index contributed by atoms with van der Waals surface area (Å²) >= 11 is 1.63. The maximum absolute atomic E-state index is 12.6. The lowest BCUT2D eigenvalue weighted by molar-refractivity contribution is -0.122. The summed E-state index contributed by atoms with van der Waals surface area (Å²) in [5, 5.41) is 2.97. The fraction of sp³-hybridized carbons (Fsp3) is 0.364. The highest BCUT2D eigenvalue weighted by Crippen LogP contribution is 2.42. The first-order chi connectivity index (χ1) is 13.0. The van der Waals surface area contributed by atoms with Crippen LogP contribution in [0.2, 0.25) is 0 Å². The van der Waals surface area contributed by atoms with Crippen molar-refractivity contribution in [2.45, 2.75) is 38.5 Å². The molecule has 2 aromatic rings. The van der Waals surface area contributed by atoms with E-state index in [1.165, 1.54) is 11.1 Å². The zero-order valence-electron chi connectivity index (χ0n) is 15.7. The molecule has 2 amide bonds. The van der Waals surface area contributed by atoms with Gasteiger partial charge in [-0.2, -0.15) is 0 Å².